The number of likely N-dealkylation sites (tertiary alicyclic amines) is 1. The highest BCUT2D eigenvalue weighted by Gasteiger charge is 2.41. The smallest absolute Gasteiger partial charge is 0.425 e. The number of nitro groups is 1. The van der Waals surface area contributed by atoms with Crippen LogP contribution in [-0.4, -0.2) is 69.8 Å². The summed E-state index contributed by atoms with van der Waals surface area (Å²) >= 11 is 0.991. The van der Waals surface area contributed by atoms with E-state index in [4.69, 9.17) is 14.6 Å². The zero-order chi connectivity index (χ0) is 26.6. The molecule has 1 heterocycles. The molecule has 2 atom stereocenters. The Kier molecular flexibility index (Phi) is 9.08. The second-order valence-electron chi connectivity index (χ2n) is 8.81. The van der Waals surface area contributed by atoms with Gasteiger partial charge < -0.3 is 14.4 Å². The fourth-order valence-corrected chi connectivity index (χ4v) is 4.97. The Balaban J connectivity index is 2.19. The molecule has 2 rings (SSSR count). The van der Waals surface area contributed by atoms with Crippen molar-refractivity contribution in [2.24, 2.45) is 5.14 Å². The second-order valence-corrected chi connectivity index (χ2v) is 11.8. The molecule has 2 amide bonds. The van der Waals surface area contributed by atoms with E-state index in [2.05, 4.69) is 0 Å². The summed E-state index contributed by atoms with van der Waals surface area (Å²) in [6.45, 7) is 5.42. The lowest BCUT2D eigenvalue weighted by atomic mass is 10.2. The van der Waals surface area contributed by atoms with E-state index in [1.165, 1.54) is 36.1 Å². The van der Waals surface area contributed by atoms with Gasteiger partial charge in [-0.1, -0.05) is 11.8 Å². The number of nitrogens with two attached hydrogens (primary N) is 1. The van der Waals surface area contributed by atoms with Gasteiger partial charge in [-0.2, -0.15) is 12.7 Å². The number of thioether (sulfide) groups is 1. The SMILES string of the molecule is CC(=O)S[C@@H]1C[C@@H](CN(C(=O)OC(C)(C)C)S(N)(=O)=O)N(C(=O)OCc2ccc([N+](=O)[O-])cc2)C1. The lowest BCUT2D eigenvalue weighted by Crippen LogP contribution is -2.50. The first-order valence-electron chi connectivity index (χ1n) is 10.4. The average molecular weight is 533 g/mol. The molecule has 1 aliphatic heterocycles. The van der Waals surface area contributed by atoms with Crippen LogP contribution in [0.25, 0.3) is 0 Å². The minimum absolute atomic E-state index is 0.0702. The van der Waals surface area contributed by atoms with E-state index >= 15 is 0 Å². The first kappa shape index (κ1) is 28.3. The van der Waals surface area contributed by atoms with Crippen LogP contribution >= 0.6 is 11.8 Å². The van der Waals surface area contributed by atoms with Gasteiger partial charge in [0.25, 0.3) is 5.69 Å². The molecule has 194 valence electrons. The summed E-state index contributed by atoms with van der Waals surface area (Å²) in [4.78, 5) is 48.4. The minimum atomic E-state index is -4.53. The molecule has 0 radical (unpaired) electrons. The topological polar surface area (TPSA) is 179 Å². The highest BCUT2D eigenvalue weighted by Crippen LogP contribution is 2.30. The average Bonchev–Trinajstić information content (AvgIpc) is 3.10. The second kappa shape index (κ2) is 11.2. The summed E-state index contributed by atoms with van der Waals surface area (Å²) in [5.41, 5.74) is -0.616. The molecule has 1 fully saturated rings. The number of ether oxygens (including phenoxy) is 2. The number of rotatable bonds is 7. The lowest BCUT2D eigenvalue weighted by Gasteiger charge is -2.30. The van der Waals surface area contributed by atoms with Crippen LogP contribution < -0.4 is 5.14 Å². The van der Waals surface area contributed by atoms with Gasteiger partial charge in [-0.05, 0) is 44.9 Å². The standard InChI is InChI=1S/C20H28N4O9S2/c1-13(25)34-17-9-16(10-23(35(21,30)31)19(27)33-20(2,3)4)22(11-17)18(26)32-12-14-5-7-15(8-6-14)24(28)29/h5-8,16-17H,9-12H2,1-4H3,(H2,21,30,31)/t16-,17+/m0/s1. The lowest BCUT2D eigenvalue weighted by molar-refractivity contribution is -0.384. The number of hydrogen-bond acceptors (Lipinski definition) is 10. The molecular formula is C20H28N4O9S2. The van der Waals surface area contributed by atoms with E-state index < -0.39 is 45.5 Å². The van der Waals surface area contributed by atoms with Crippen LogP contribution in [0.3, 0.4) is 0 Å². The number of non-ortho nitro benzene ring substituents is 1. The molecule has 0 bridgehead atoms. The van der Waals surface area contributed by atoms with E-state index in [-0.39, 0.29) is 35.6 Å². The van der Waals surface area contributed by atoms with Crippen LogP contribution in [0.4, 0.5) is 15.3 Å². The van der Waals surface area contributed by atoms with Crippen molar-refractivity contribution in [2.75, 3.05) is 13.1 Å². The van der Waals surface area contributed by atoms with Gasteiger partial charge in [-0.25, -0.2) is 14.7 Å². The van der Waals surface area contributed by atoms with Crippen molar-refractivity contribution in [1.82, 2.24) is 9.21 Å². The third-order valence-electron chi connectivity index (χ3n) is 4.73. The Morgan fingerprint density at radius 1 is 1.26 bits per heavy atom. The van der Waals surface area contributed by atoms with Crippen molar-refractivity contribution in [3.63, 3.8) is 0 Å². The highest BCUT2D eigenvalue weighted by atomic mass is 32.2. The molecule has 1 aromatic carbocycles. The molecule has 1 saturated heterocycles. The Hall–Kier alpha value is -2.91. The number of amides is 2. The van der Waals surface area contributed by atoms with E-state index in [1.807, 2.05) is 0 Å². The molecular weight excluding hydrogens is 504 g/mol. The zero-order valence-electron chi connectivity index (χ0n) is 19.7. The van der Waals surface area contributed by atoms with Gasteiger partial charge in [0.15, 0.2) is 5.12 Å². The van der Waals surface area contributed by atoms with Crippen LogP contribution in [-0.2, 0) is 31.1 Å². The molecule has 0 aliphatic carbocycles. The van der Waals surface area contributed by atoms with Gasteiger partial charge in [0.05, 0.1) is 17.5 Å². The maximum Gasteiger partial charge on any atom is 0.425 e. The normalized spacial score (nSPS) is 18.1. The van der Waals surface area contributed by atoms with E-state index in [0.717, 1.165) is 11.8 Å². The van der Waals surface area contributed by atoms with Gasteiger partial charge in [0.1, 0.15) is 12.2 Å². The quantitative estimate of drug-likeness (QED) is 0.404. The van der Waals surface area contributed by atoms with Gasteiger partial charge >= 0.3 is 22.4 Å². The molecule has 35 heavy (non-hydrogen) atoms. The number of carbonyl (C=O) groups excluding carboxylic acids is 3. The predicted octanol–water partition coefficient (Wildman–Crippen LogP) is 2.39. The zero-order valence-corrected chi connectivity index (χ0v) is 21.3. The fourth-order valence-electron chi connectivity index (χ4n) is 3.32. The van der Waals surface area contributed by atoms with Crippen LogP contribution in [0.2, 0.25) is 0 Å². The Labute approximate surface area is 207 Å². The molecule has 0 unspecified atom stereocenters. The van der Waals surface area contributed by atoms with Crippen LogP contribution in [0.1, 0.15) is 39.7 Å². The maximum atomic E-state index is 12.9. The molecule has 0 aromatic heterocycles. The molecule has 0 saturated carbocycles. The summed E-state index contributed by atoms with van der Waals surface area (Å²) in [7, 11) is -4.53. The highest BCUT2D eigenvalue weighted by molar-refractivity contribution is 8.14. The summed E-state index contributed by atoms with van der Waals surface area (Å²) in [5.74, 6) is 0. The summed E-state index contributed by atoms with van der Waals surface area (Å²) < 4.78 is 35.1. The van der Waals surface area contributed by atoms with Crippen LogP contribution in [0.5, 0.6) is 0 Å². The fraction of sp³-hybridized carbons (Fsp3) is 0.550. The van der Waals surface area contributed by atoms with Crippen molar-refractivity contribution in [2.45, 2.75) is 57.6 Å². The van der Waals surface area contributed by atoms with Crippen molar-refractivity contribution >= 4 is 45.0 Å². The Morgan fingerprint density at radius 2 is 1.86 bits per heavy atom. The van der Waals surface area contributed by atoms with Crippen molar-refractivity contribution in [1.29, 1.82) is 0 Å². The van der Waals surface area contributed by atoms with Crippen LogP contribution in [0.15, 0.2) is 24.3 Å². The largest absolute Gasteiger partial charge is 0.445 e. The first-order chi connectivity index (χ1) is 16.1. The first-order valence-corrected chi connectivity index (χ1v) is 12.8. The van der Waals surface area contributed by atoms with Gasteiger partial charge in [-0.3, -0.25) is 14.9 Å². The van der Waals surface area contributed by atoms with Crippen LogP contribution in [0, 0.1) is 10.1 Å². The van der Waals surface area contributed by atoms with Crippen molar-refractivity contribution < 1.29 is 37.2 Å². The minimum Gasteiger partial charge on any atom is -0.445 e. The molecule has 0 spiro atoms. The Morgan fingerprint density at radius 3 is 2.34 bits per heavy atom. The molecule has 1 aromatic rings. The molecule has 15 heteroatoms. The number of nitrogens with zero attached hydrogens (tertiary/aromatic N) is 3. The predicted molar refractivity (Wildman–Crippen MR) is 126 cm³/mol. The van der Waals surface area contributed by atoms with Crippen molar-refractivity contribution in [3.05, 3.63) is 39.9 Å². The van der Waals surface area contributed by atoms with E-state index in [0.29, 0.717) is 9.87 Å². The van der Waals surface area contributed by atoms with E-state index in [9.17, 15) is 32.9 Å². The summed E-state index contributed by atoms with van der Waals surface area (Å²) in [6, 6.07) is 4.58. The third kappa shape index (κ3) is 8.67. The van der Waals surface area contributed by atoms with Gasteiger partial charge in [0.2, 0.25) is 0 Å². The maximum absolute atomic E-state index is 12.9. The monoisotopic (exact) mass is 532 g/mol. The molecule has 1 aliphatic rings. The number of carbonyl (C=O) groups is 3. The Bertz CT molecular complexity index is 1070. The van der Waals surface area contributed by atoms with Crippen molar-refractivity contribution in [3.8, 4) is 0 Å². The number of benzene rings is 1. The summed E-state index contributed by atoms with van der Waals surface area (Å²) in [5, 5.41) is 15.5. The third-order valence-corrected chi connectivity index (χ3v) is 6.65. The van der Waals surface area contributed by atoms with Gasteiger partial charge in [-0.15, -0.1) is 0 Å². The molecule has 2 N–H and O–H groups in total. The molecule has 13 nitrogen and oxygen atoms in total. The number of nitro benzene ring substituents is 1. The van der Waals surface area contributed by atoms with Gasteiger partial charge in [0, 0.05) is 30.9 Å². The van der Waals surface area contributed by atoms with E-state index in [1.54, 1.807) is 20.8 Å². The number of hydrogen-bond donors (Lipinski definition) is 1. The summed E-state index contributed by atoms with van der Waals surface area (Å²) in [6.07, 6.45) is -1.80.